The molecule has 0 atom stereocenters. The van der Waals surface area contributed by atoms with Crippen molar-refractivity contribution in [2.45, 2.75) is 37.6 Å². The number of ether oxygens (including phenoxy) is 1. The molecule has 2 saturated heterocycles. The second-order valence-electron chi connectivity index (χ2n) is 12.3. The fourth-order valence-corrected chi connectivity index (χ4v) is 6.87. The Kier molecular flexibility index (Phi) is 5.84. The molecule has 3 aliphatic rings. The summed E-state index contributed by atoms with van der Waals surface area (Å²) in [5, 5.41) is 0. The average molecular weight is 558 g/mol. The van der Waals surface area contributed by atoms with Crippen molar-refractivity contribution in [3.63, 3.8) is 0 Å². The van der Waals surface area contributed by atoms with Crippen LogP contribution in [0.1, 0.15) is 37.7 Å². The predicted molar refractivity (Wildman–Crippen MR) is 166 cm³/mol. The van der Waals surface area contributed by atoms with Crippen LogP contribution in [-0.2, 0) is 10.3 Å². The van der Waals surface area contributed by atoms with E-state index in [2.05, 4.69) is 75.1 Å². The maximum atomic E-state index is 6.63. The fourth-order valence-electron chi connectivity index (χ4n) is 6.87. The van der Waals surface area contributed by atoms with Crippen LogP contribution in [0.2, 0.25) is 0 Å². The summed E-state index contributed by atoms with van der Waals surface area (Å²) < 4.78 is 7.70. The van der Waals surface area contributed by atoms with Gasteiger partial charge >= 0.3 is 0 Å². The Balaban J connectivity index is 1.20. The molecular weight excluding hydrogens is 522 g/mol. The number of anilines is 2. The molecule has 3 fully saturated rings. The van der Waals surface area contributed by atoms with Crippen LogP contribution in [-0.4, -0.2) is 45.8 Å². The summed E-state index contributed by atoms with van der Waals surface area (Å²) in [6, 6.07) is 25.2. The topological polar surface area (TPSA) is 108 Å². The highest BCUT2D eigenvalue weighted by molar-refractivity contribution is 5.85. The van der Waals surface area contributed by atoms with E-state index in [0.717, 1.165) is 91.5 Å². The van der Waals surface area contributed by atoms with Gasteiger partial charge in [0.2, 0.25) is 0 Å². The summed E-state index contributed by atoms with van der Waals surface area (Å²) in [4.78, 5) is 17.0. The number of aromatic nitrogens is 4. The van der Waals surface area contributed by atoms with Crippen LogP contribution < -0.4 is 16.4 Å². The molecule has 1 spiro atoms. The number of hydrogen-bond acceptors (Lipinski definition) is 7. The highest BCUT2D eigenvalue weighted by atomic mass is 16.5. The van der Waals surface area contributed by atoms with Gasteiger partial charge in [-0.2, -0.15) is 0 Å². The Morgan fingerprint density at radius 3 is 2.36 bits per heavy atom. The third-order valence-corrected chi connectivity index (χ3v) is 9.64. The number of fused-ring (bicyclic) bond motifs is 1. The number of nitrogens with two attached hydrogens (primary N) is 2. The largest absolute Gasteiger partial charge is 0.383 e. The van der Waals surface area contributed by atoms with E-state index in [-0.39, 0.29) is 5.54 Å². The Labute approximate surface area is 245 Å². The fraction of sp³-hybridized carbons (Fsp3) is 0.324. The van der Waals surface area contributed by atoms with Crippen molar-refractivity contribution in [3.8, 4) is 28.3 Å². The molecule has 0 amide bonds. The van der Waals surface area contributed by atoms with Gasteiger partial charge in [-0.05, 0) is 86.2 Å². The van der Waals surface area contributed by atoms with Crippen LogP contribution in [0.4, 0.5) is 11.5 Å². The van der Waals surface area contributed by atoms with Gasteiger partial charge in [-0.15, -0.1) is 0 Å². The SMILES string of the molecule is Nc1ncccc1-c1nc2ccc(-c3cccc(N4CC5(CCOCC5)C4)c3)nc2n1-c1ccc(C2(N)CCC2)cc1. The maximum Gasteiger partial charge on any atom is 0.165 e. The van der Waals surface area contributed by atoms with Crippen molar-refractivity contribution in [2.75, 3.05) is 36.9 Å². The molecule has 3 aromatic heterocycles. The molecule has 1 aliphatic carbocycles. The van der Waals surface area contributed by atoms with Crippen molar-refractivity contribution >= 4 is 22.7 Å². The Bertz CT molecular complexity index is 1780. The third-order valence-electron chi connectivity index (χ3n) is 9.64. The van der Waals surface area contributed by atoms with E-state index in [0.29, 0.717) is 11.2 Å². The minimum Gasteiger partial charge on any atom is -0.383 e. The molecule has 5 heterocycles. The normalized spacial score (nSPS) is 19.0. The van der Waals surface area contributed by atoms with Gasteiger partial charge in [-0.3, -0.25) is 4.57 Å². The lowest BCUT2D eigenvalue weighted by atomic mass is 9.73. The Morgan fingerprint density at radius 2 is 1.62 bits per heavy atom. The quantitative estimate of drug-likeness (QED) is 0.286. The van der Waals surface area contributed by atoms with E-state index >= 15 is 0 Å². The number of imidazole rings is 1. The van der Waals surface area contributed by atoms with E-state index in [1.54, 1.807) is 6.20 Å². The molecule has 0 unspecified atom stereocenters. The zero-order chi connectivity index (χ0) is 28.3. The lowest BCUT2D eigenvalue weighted by molar-refractivity contribution is -0.000189. The second-order valence-corrected chi connectivity index (χ2v) is 12.3. The van der Waals surface area contributed by atoms with Gasteiger partial charge < -0.3 is 21.1 Å². The summed E-state index contributed by atoms with van der Waals surface area (Å²) in [5.41, 5.74) is 20.9. The number of rotatable bonds is 5. The van der Waals surface area contributed by atoms with Gasteiger partial charge in [0.25, 0.3) is 0 Å². The second kappa shape index (κ2) is 9.64. The van der Waals surface area contributed by atoms with E-state index in [1.807, 2.05) is 12.1 Å². The highest BCUT2D eigenvalue weighted by Crippen LogP contribution is 2.43. The van der Waals surface area contributed by atoms with E-state index in [9.17, 15) is 0 Å². The van der Waals surface area contributed by atoms with Gasteiger partial charge in [-0.25, -0.2) is 15.0 Å². The van der Waals surface area contributed by atoms with Crippen molar-refractivity contribution in [1.29, 1.82) is 0 Å². The molecule has 0 bridgehead atoms. The highest BCUT2D eigenvalue weighted by Gasteiger charge is 2.44. The first-order valence-corrected chi connectivity index (χ1v) is 14.9. The van der Waals surface area contributed by atoms with Crippen LogP contribution in [0, 0.1) is 5.41 Å². The third kappa shape index (κ3) is 4.16. The van der Waals surface area contributed by atoms with Crippen LogP contribution in [0.15, 0.2) is 79.0 Å². The molecule has 5 aromatic rings. The van der Waals surface area contributed by atoms with Gasteiger partial charge in [0.1, 0.15) is 11.3 Å². The summed E-state index contributed by atoms with van der Waals surface area (Å²) >= 11 is 0. The standard InChI is InChI=1S/C34H35N7O/c35-30-27(6-2-17-37-30)31-39-29-12-11-28(23-4-1-5-26(20-23)40-21-33(22-40)15-18-42-19-16-33)38-32(29)41(31)25-9-7-24(8-10-25)34(36)13-3-14-34/h1-2,4-12,17,20H,3,13-16,18-19,21-22,36H2,(H2,35,37). The summed E-state index contributed by atoms with van der Waals surface area (Å²) in [7, 11) is 0. The molecule has 8 rings (SSSR count). The number of hydrogen-bond donors (Lipinski definition) is 2. The molecule has 0 radical (unpaired) electrons. The molecule has 1 saturated carbocycles. The molecule has 8 nitrogen and oxygen atoms in total. The van der Waals surface area contributed by atoms with Crippen molar-refractivity contribution < 1.29 is 4.74 Å². The minimum atomic E-state index is -0.219. The summed E-state index contributed by atoms with van der Waals surface area (Å²) in [6.45, 7) is 3.95. The number of pyridine rings is 2. The summed E-state index contributed by atoms with van der Waals surface area (Å²) in [6.07, 6.45) is 7.23. The molecular formula is C34H35N7O. The van der Waals surface area contributed by atoms with Crippen molar-refractivity contribution in [2.24, 2.45) is 11.1 Å². The molecule has 2 aromatic carbocycles. The van der Waals surface area contributed by atoms with E-state index < -0.39 is 0 Å². The van der Waals surface area contributed by atoms with Gasteiger partial charge in [0, 0.05) is 60.4 Å². The first-order valence-electron chi connectivity index (χ1n) is 14.9. The van der Waals surface area contributed by atoms with Crippen molar-refractivity contribution in [3.05, 3.63) is 84.6 Å². The zero-order valence-electron chi connectivity index (χ0n) is 23.7. The molecule has 212 valence electrons. The number of nitrogen functional groups attached to an aromatic ring is 1. The molecule has 2 aliphatic heterocycles. The zero-order valence-corrected chi connectivity index (χ0v) is 23.7. The minimum absolute atomic E-state index is 0.219. The first kappa shape index (κ1) is 25.4. The van der Waals surface area contributed by atoms with Crippen molar-refractivity contribution in [1.82, 2.24) is 19.5 Å². The van der Waals surface area contributed by atoms with Gasteiger partial charge in [-0.1, -0.05) is 24.3 Å². The number of benzene rings is 2. The number of nitrogens with zero attached hydrogens (tertiary/aromatic N) is 5. The maximum absolute atomic E-state index is 6.63. The molecule has 4 N–H and O–H groups in total. The smallest absolute Gasteiger partial charge is 0.165 e. The average Bonchev–Trinajstić information content (AvgIpc) is 3.38. The molecule has 42 heavy (non-hydrogen) atoms. The van der Waals surface area contributed by atoms with E-state index in [1.165, 1.54) is 17.7 Å². The molecule has 8 heteroatoms. The van der Waals surface area contributed by atoms with Crippen LogP contribution >= 0.6 is 0 Å². The summed E-state index contributed by atoms with van der Waals surface area (Å²) in [5.74, 6) is 1.15. The van der Waals surface area contributed by atoms with Gasteiger partial charge in [0.05, 0.1) is 11.3 Å². The monoisotopic (exact) mass is 557 g/mol. The lowest BCUT2D eigenvalue weighted by Gasteiger charge is -2.53. The van der Waals surface area contributed by atoms with Crippen LogP contribution in [0.5, 0.6) is 0 Å². The Morgan fingerprint density at radius 1 is 0.810 bits per heavy atom. The van der Waals surface area contributed by atoms with Gasteiger partial charge in [0.15, 0.2) is 11.5 Å². The lowest BCUT2D eigenvalue weighted by Crippen LogP contribution is -2.58. The van der Waals surface area contributed by atoms with Crippen LogP contribution in [0.3, 0.4) is 0 Å². The van der Waals surface area contributed by atoms with Crippen LogP contribution in [0.25, 0.3) is 39.5 Å². The Hall–Kier alpha value is -4.27. The first-order chi connectivity index (χ1) is 20.5. The van der Waals surface area contributed by atoms with E-state index in [4.69, 9.17) is 26.2 Å². The predicted octanol–water partition coefficient (Wildman–Crippen LogP) is 5.69.